The SMILES string of the molecule is COC(=O)c1ccc(CNCCc2noc(C)n2)[nH]1. The van der Waals surface area contributed by atoms with E-state index < -0.39 is 0 Å². The van der Waals surface area contributed by atoms with Crippen LogP contribution in [0.15, 0.2) is 16.7 Å². The van der Waals surface area contributed by atoms with Crippen LogP contribution in [-0.4, -0.2) is 34.7 Å². The van der Waals surface area contributed by atoms with E-state index >= 15 is 0 Å². The lowest BCUT2D eigenvalue weighted by molar-refractivity contribution is 0.0594. The summed E-state index contributed by atoms with van der Waals surface area (Å²) in [5.41, 5.74) is 1.37. The number of aromatic amines is 1. The van der Waals surface area contributed by atoms with Gasteiger partial charge in [0.2, 0.25) is 5.89 Å². The normalized spacial score (nSPS) is 10.6. The fourth-order valence-corrected chi connectivity index (χ4v) is 1.64. The molecule has 0 atom stereocenters. The molecule has 2 heterocycles. The molecule has 19 heavy (non-hydrogen) atoms. The van der Waals surface area contributed by atoms with Crippen molar-refractivity contribution in [2.45, 2.75) is 19.9 Å². The molecule has 0 aliphatic heterocycles. The Hall–Kier alpha value is -2.15. The highest BCUT2D eigenvalue weighted by atomic mass is 16.5. The number of H-pyrrole nitrogens is 1. The first kappa shape index (κ1) is 13.3. The maximum Gasteiger partial charge on any atom is 0.354 e. The van der Waals surface area contributed by atoms with Gasteiger partial charge in [-0.3, -0.25) is 0 Å². The highest BCUT2D eigenvalue weighted by molar-refractivity contribution is 5.87. The van der Waals surface area contributed by atoms with Crippen LogP contribution in [0.1, 0.15) is 27.9 Å². The number of ether oxygens (including phenoxy) is 1. The lowest BCUT2D eigenvalue weighted by Gasteiger charge is -2.00. The minimum Gasteiger partial charge on any atom is -0.464 e. The van der Waals surface area contributed by atoms with Gasteiger partial charge in [0.05, 0.1) is 7.11 Å². The van der Waals surface area contributed by atoms with Crippen molar-refractivity contribution in [2.24, 2.45) is 0 Å². The van der Waals surface area contributed by atoms with Crippen molar-refractivity contribution in [1.82, 2.24) is 20.4 Å². The van der Waals surface area contributed by atoms with Gasteiger partial charge in [-0.1, -0.05) is 5.16 Å². The Balaban J connectivity index is 1.73. The van der Waals surface area contributed by atoms with Gasteiger partial charge >= 0.3 is 5.97 Å². The molecule has 0 spiro atoms. The van der Waals surface area contributed by atoms with Gasteiger partial charge in [0, 0.05) is 32.1 Å². The molecule has 0 saturated carbocycles. The number of esters is 1. The summed E-state index contributed by atoms with van der Waals surface area (Å²) in [5.74, 6) is 0.891. The third kappa shape index (κ3) is 3.65. The number of hydrogen-bond acceptors (Lipinski definition) is 6. The lowest BCUT2D eigenvalue weighted by Crippen LogP contribution is -2.17. The maximum absolute atomic E-state index is 11.2. The zero-order chi connectivity index (χ0) is 13.7. The van der Waals surface area contributed by atoms with Crippen molar-refractivity contribution in [1.29, 1.82) is 0 Å². The average Bonchev–Trinajstić information content (AvgIpc) is 3.03. The minimum atomic E-state index is -0.367. The number of rotatable bonds is 6. The summed E-state index contributed by atoms with van der Waals surface area (Å²) in [6, 6.07) is 3.54. The minimum absolute atomic E-state index is 0.367. The summed E-state index contributed by atoms with van der Waals surface area (Å²) in [5, 5.41) is 7.03. The van der Waals surface area contributed by atoms with Crippen molar-refractivity contribution >= 4 is 5.97 Å². The first-order chi connectivity index (χ1) is 9.19. The van der Waals surface area contributed by atoms with Crippen LogP contribution in [0.3, 0.4) is 0 Å². The van der Waals surface area contributed by atoms with Crippen molar-refractivity contribution < 1.29 is 14.1 Å². The Bertz CT molecular complexity index is 547. The average molecular weight is 264 g/mol. The molecular weight excluding hydrogens is 248 g/mol. The fraction of sp³-hybridized carbons (Fsp3) is 0.417. The predicted molar refractivity (Wildman–Crippen MR) is 66.6 cm³/mol. The fourth-order valence-electron chi connectivity index (χ4n) is 1.64. The van der Waals surface area contributed by atoms with Gasteiger partial charge in [-0.25, -0.2) is 4.79 Å². The van der Waals surface area contributed by atoms with Gasteiger partial charge in [-0.05, 0) is 12.1 Å². The summed E-state index contributed by atoms with van der Waals surface area (Å²) in [6.07, 6.45) is 0.696. The van der Waals surface area contributed by atoms with E-state index in [2.05, 4.69) is 25.2 Å². The first-order valence-corrected chi connectivity index (χ1v) is 5.95. The third-order valence-corrected chi connectivity index (χ3v) is 2.56. The van der Waals surface area contributed by atoms with Crippen molar-refractivity contribution in [3.05, 3.63) is 35.2 Å². The number of aryl methyl sites for hydroxylation is 1. The smallest absolute Gasteiger partial charge is 0.354 e. The van der Waals surface area contributed by atoms with E-state index in [1.54, 1.807) is 13.0 Å². The molecule has 0 aromatic carbocycles. The van der Waals surface area contributed by atoms with E-state index in [4.69, 9.17) is 4.52 Å². The molecule has 7 nitrogen and oxygen atoms in total. The van der Waals surface area contributed by atoms with Crippen LogP contribution >= 0.6 is 0 Å². The molecule has 0 aliphatic rings. The number of aromatic nitrogens is 3. The summed E-state index contributed by atoms with van der Waals surface area (Å²) < 4.78 is 9.49. The number of hydrogen-bond donors (Lipinski definition) is 2. The molecule has 7 heteroatoms. The number of methoxy groups -OCH3 is 1. The van der Waals surface area contributed by atoms with Crippen molar-refractivity contribution in [3.63, 3.8) is 0 Å². The van der Waals surface area contributed by atoms with Gasteiger partial charge < -0.3 is 19.6 Å². The highest BCUT2D eigenvalue weighted by Gasteiger charge is 2.07. The summed E-state index contributed by atoms with van der Waals surface area (Å²) in [6.45, 7) is 3.12. The predicted octanol–water partition coefficient (Wildman–Crippen LogP) is 0.825. The molecule has 0 unspecified atom stereocenters. The molecule has 0 bridgehead atoms. The van der Waals surface area contributed by atoms with Gasteiger partial charge in [-0.2, -0.15) is 4.98 Å². The molecule has 0 fully saturated rings. The van der Waals surface area contributed by atoms with Gasteiger partial charge in [-0.15, -0.1) is 0 Å². The Morgan fingerprint density at radius 3 is 3.05 bits per heavy atom. The second kappa shape index (κ2) is 6.14. The van der Waals surface area contributed by atoms with Gasteiger partial charge in [0.1, 0.15) is 5.69 Å². The maximum atomic E-state index is 11.2. The number of carbonyl (C=O) groups excluding carboxylic acids is 1. The van der Waals surface area contributed by atoms with Crippen LogP contribution in [0, 0.1) is 6.92 Å². The van der Waals surface area contributed by atoms with Gasteiger partial charge in [0.25, 0.3) is 0 Å². The Kier molecular flexibility index (Phi) is 4.30. The van der Waals surface area contributed by atoms with Crippen molar-refractivity contribution in [3.8, 4) is 0 Å². The van der Waals surface area contributed by atoms with Crippen LogP contribution < -0.4 is 5.32 Å². The largest absolute Gasteiger partial charge is 0.464 e. The molecule has 0 amide bonds. The van der Waals surface area contributed by atoms with Gasteiger partial charge in [0.15, 0.2) is 5.82 Å². The molecule has 102 valence electrons. The summed E-state index contributed by atoms with van der Waals surface area (Å²) >= 11 is 0. The van der Waals surface area contributed by atoms with E-state index in [1.165, 1.54) is 7.11 Å². The van der Waals surface area contributed by atoms with Crippen LogP contribution in [0.5, 0.6) is 0 Å². The molecular formula is C12H16N4O3. The topological polar surface area (TPSA) is 93.0 Å². The zero-order valence-corrected chi connectivity index (χ0v) is 10.9. The third-order valence-electron chi connectivity index (χ3n) is 2.56. The highest BCUT2D eigenvalue weighted by Crippen LogP contribution is 2.03. The quantitative estimate of drug-likeness (QED) is 0.593. The van der Waals surface area contributed by atoms with Crippen LogP contribution in [-0.2, 0) is 17.7 Å². The second-order valence-corrected chi connectivity index (χ2v) is 4.05. The molecule has 0 radical (unpaired) electrons. The Morgan fingerprint density at radius 2 is 2.37 bits per heavy atom. The zero-order valence-electron chi connectivity index (χ0n) is 10.9. The van der Waals surface area contributed by atoms with E-state index in [-0.39, 0.29) is 5.97 Å². The van der Waals surface area contributed by atoms with Crippen molar-refractivity contribution in [2.75, 3.05) is 13.7 Å². The lowest BCUT2D eigenvalue weighted by atomic mass is 10.3. The number of nitrogens with one attached hydrogen (secondary N) is 2. The van der Waals surface area contributed by atoms with Crippen LogP contribution in [0.4, 0.5) is 0 Å². The van der Waals surface area contributed by atoms with E-state index in [9.17, 15) is 4.79 Å². The molecule has 2 N–H and O–H groups in total. The standard InChI is InChI=1S/C12H16N4O3/c1-8-14-11(16-19-8)5-6-13-7-9-3-4-10(15-9)12(17)18-2/h3-4,13,15H,5-7H2,1-2H3. The van der Waals surface area contributed by atoms with E-state index in [0.717, 1.165) is 12.2 Å². The van der Waals surface area contributed by atoms with E-state index in [1.807, 2.05) is 6.07 Å². The monoisotopic (exact) mass is 264 g/mol. The molecule has 2 aromatic heterocycles. The molecule has 0 saturated heterocycles. The van der Waals surface area contributed by atoms with E-state index in [0.29, 0.717) is 30.4 Å². The Labute approximate surface area is 110 Å². The van der Waals surface area contributed by atoms with Crippen LogP contribution in [0.2, 0.25) is 0 Å². The summed E-state index contributed by atoms with van der Waals surface area (Å²) in [7, 11) is 1.36. The van der Waals surface area contributed by atoms with Crippen LogP contribution in [0.25, 0.3) is 0 Å². The Morgan fingerprint density at radius 1 is 1.53 bits per heavy atom. The second-order valence-electron chi connectivity index (χ2n) is 4.05. The molecule has 2 aromatic rings. The first-order valence-electron chi connectivity index (χ1n) is 5.95. The summed E-state index contributed by atoms with van der Waals surface area (Å²) in [4.78, 5) is 18.3. The number of nitrogens with zero attached hydrogens (tertiary/aromatic N) is 2. The molecule has 0 aliphatic carbocycles. The number of carbonyl (C=O) groups is 1. The molecule has 2 rings (SSSR count).